The van der Waals surface area contributed by atoms with Crippen molar-refractivity contribution in [1.29, 1.82) is 0 Å². The lowest BCUT2D eigenvalue weighted by atomic mass is 10.1. The van der Waals surface area contributed by atoms with E-state index in [1.54, 1.807) is 6.92 Å². The molecule has 0 radical (unpaired) electrons. The highest BCUT2D eigenvalue weighted by Gasteiger charge is 2.33. The molecule has 1 fully saturated rings. The van der Waals surface area contributed by atoms with E-state index in [4.69, 9.17) is 0 Å². The molecule has 0 saturated carbocycles. The summed E-state index contributed by atoms with van der Waals surface area (Å²) in [5, 5.41) is -0.684. The zero-order chi connectivity index (χ0) is 9.19. The van der Waals surface area contributed by atoms with Crippen LogP contribution in [0, 0.1) is 0 Å². The summed E-state index contributed by atoms with van der Waals surface area (Å²) in [7, 11) is -3.08. The summed E-state index contributed by atoms with van der Waals surface area (Å²) in [6.07, 6.45) is 2.46. The summed E-state index contributed by atoms with van der Waals surface area (Å²) in [5.41, 5.74) is 0. The van der Waals surface area contributed by atoms with E-state index in [0.29, 0.717) is 12.8 Å². The SMILES string of the molecule is CCC(=O)C1CCCCS1(=O)=O. The molecule has 3 nitrogen and oxygen atoms in total. The van der Waals surface area contributed by atoms with Crippen LogP contribution in [0.1, 0.15) is 32.6 Å². The molecular formula is C8H14O3S. The van der Waals surface area contributed by atoms with Crippen molar-refractivity contribution in [1.82, 2.24) is 0 Å². The zero-order valence-corrected chi connectivity index (χ0v) is 8.06. The Balaban J connectivity index is 2.80. The van der Waals surface area contributed by atoms with Crippen molar-refractivity contribution in [2.75, 3.05) is 5.75 Å². The van der Waals surface area contributed by atoms with Crippen LogP contribution in [-0.4, -0.2) is 25.2 Å². The fourth-order valence-corrected chi connectivity index (χ4v) is 3.53. The maximum absolute atomic E-state index is 11.4. The zero-order valence-electron chi connectivity index (χ0n) is 7.25. The summed E-state index contributed by atoms with van der Waals surface area (Å²) in [6, 6.07) is 0. The second-order valence-corrected chi connectivity index (χ2v) is 5.47. The van der Waals surface area contributed by atoms with Gasteiger partial charge < -0.3 is 0 Å². The van der Waals surface area contributed by atoms with Crippen LogP contribution in [0.5, 0.6) is 0 Å². The molecular weight excluding hydrogens is 176 g/mol. The molecule has 0 aliphatic carbocycles. The molecule has 1 saturated heterocycles. The highest BCUT2D eigenvalue weighted by molar-refractivity contribution is 7.92. The molecule has 0 spiro atoms. The molecule has 0 amide bonds. The first kappa shape index (κ1) is 9.71. The number of hydrogen-bond acceptors (Lipinski definition) is 3. The van der Waals surface area contributed by atoms with Gasteiger partial charge >= 0.3 is 0 Å². The van der Waals surface area contributed by atoms with E-state index in [0.717, 1.165) is 12.8 Å². The fourth-order valence-electron chi connectivity index (χ4n) is 1.54. The largest absolute Gasteiger partial charge is 0.298 e. The summed E-state index contributed by atoms with van der Waals surface area (Å²) in [6.45, 7) is 1.71. The first-order chi connectivity index (χ1) is 5.58. The van der Waals surface area contributed by atoms with Crippen molar-refractivity contribution in [3.63, 3.8) is 0 Å². The lowest BCUT2D eigenvalue weighted by Crippen LogP contribution is -2.34. The van der Waals surface area contributed by atoms with Gasteiger partial charge in [0.1, 0.15) is 5.25 Å². The van der Waals surface area contributed by atoms with E-state index >= 15 is 0 Å². The summed E-state index contributed by atoms with van der Waals surface area (Å²) < 4.78 is 22.7. The Morgan fingerprint density at radius 3 is 2.58 bits per heavy atom. The number of carbonyl (C=O) groups is 1. The predicted octanol–water partition coefficient (Wildman–Crippen LogP) is 0.933. The van der Waals surface area contributed by atoms with Crippen molar-refractivity contribution in [2.24, 2.45) is 0 Å². The molecule has 12 heavy (non-hydrogen) atoms. The first-order valence-electron chi connectivity index (χ1n) is 4.32. The van der Waals surface area contributed by atoms with E-state index in [1.807, 2.05) is 0 Å². The lowest BCUT2D eigenvalue weighted by Gasteiger charge is -2.20. The maximum Gasteiger partial charge on any atom is 0.160 e. The number of hydrogen-bond donors (Lipinski definition) is 0. The van der Waals surface area contributed by atoms with Crippen molar-refractivity contribution in [3.8, 4) is 0 Å². The van der Waals surface area contributed by atoms with Gasteiger partial charge in [-0.15, -0.1) is 0 Å². The number of carbonyl (C=O) groups excluding carboxylic acids is 1. The van der Waals surface area contributed by atoms with Gasteiger partial charge in [-0.3, -0.25) is 4.79 Å². The summed E-state index contributed by atoms with van der Waals surface area (Å²) >= 11 is 0. The van der Waals surface area contributed by atoms with E-state index in [9.17, 15) is 13.2 Å². The Hall–Kier alpha value is -0.380. The second-order valence-electron chi connectivity index (χ2n) is 3.17. The van der Waals surface area contributed by atoms with Crippen LogP contribution in [0.15, 0.2) is 0 Å². The Kier molecular flexibility index (Phi) is 2.88. The van der Waals surface area contributed by atoms with Gasteiger partial charge in [0.2, 0.25) is 0 Å². The third kappa shape index (κ3) is 1.86. The molecule has 0 N–H and O–H groups in total. The topological polar surface area (TPSA) is 51.2 Å². The standard InChI is InChI=1S/C8H14O3S/c1-2-7(9)8-5-3-4-6-12(8,10)11/h8H,2-6H2,1H3. The number of ketones is 1. The third-order valence-electron chi connectivity index (χ3n) is 2.29. The Bertz CT molecular complexity index is 266. The van der Waals surface area contributed by atoms with E-state index in [1.165, 1.54) is 0 Å². The minimum Gasteiger partial charge on any atom is -0.298 e. The van der Waals surface area contributed by atoms with Gasteiger partial charge in [-0.1, -0.05) is 13.3 Å². The molecule has 0 aromatic heterocycles. The molecule has 4 heteroatoms. The van der Waals surface area contributed by atoms with Gasteiger partial charge in [0.25, 0.3) is 0 Å². The van der Waals surface area contributed by atoms with Crippen molar-refractivity contribution in [2.45, 2.75) is 37.9 Å². The van der Waals surface area contributed by atoms with Gasteiger partial charge in [-0.2, -0.15) is 0 Å². The molecule has 0 aromatic carbocycles. The van der Waals surface area contributed by atoms with Crippen molar-refractivity contribution >= 4 is 15.6 Å². The van der Waals surface area contributed by atoms with Gasteiger partial charge in [0, 0.05) is 6.42 Å². The number of sulfone groups is 1. The molecule has 0 bridgehead atoms. The summed E-state index contributed by atoms with van der Waals surface area (Å²) in [4.78, 5) is 11.2. The average molecular weight is 190 g/mol. The average Bonchev–Trinajstić information content (AvgIpc) is 2.02. The first-order valence-corrected chi connectivity index (χ1v) is 6.03. The quantitative estimate of drug-likeness (QED) is 0.651. The Morgan fingerprint density at radius 2 is 2.08 bits per heavy atom. The fraction of sp³-hybridized carbons (Fsp3) is 0.875. The van der Waals surface area contributed by atoms with Crippen LogP contribution in [0.2, 0.25) is 0 Å². The highest BCUT2D eigenvalue weighted by atomic mass is 32.2. The number of rotatable bonds is 2. The van der Waals surface area contributed by atoms with E-state index in [2.05, 4.69) is 0 Å². The number of Topliss-reactive ketones (excluding diaryl/α,β-unsaturated/α-hetero) is 1. The molecule has 1 aliphatic rings. The monoisotopic (exact) mass is 190 g/mol. The van der Waals surface area contributed by atoms with Crippen molar-refractivity contribution < 1.29 is 13.2 Å². The van der Waals surface area contributed by atoms with Crippen LogP contribution in [0.3, 0.4) is 0 Å². The van der Waals surface area contributed by atoms with Gasteiger partial charge in [0.15, 0.2) is 15.6 Å². The third-order valence-corrected chi connectivity index (χ3v) is 4.51. The molecule has 1 atom stereocenters. The van der Waals surface area contributed by atoms with Crippen LogP contribution >= 0.6 is 0 Å². The van der Waals surface area contributed by atoms with Gasteiger partial charge in [-0.05, 0) is 12.8 Å². The van der Waals surface area contributed by atoms with Gasteiger partial charge in [0.05, 0.1) is 5.75 Å². The molecule has 70 valence electrons. The molecule has 1 unspecified atom stereocenters. The minimum absolute atomic E-state index is 0.116. The highest BCUT2D eigenvalue weighted by Crippen LogP contribution is 2.20. The van der Waals surface area contributed by atoms with Crippen LogP contribution in [0.25, 0.3) is 0 Å². The predicted molar refractivity (Wildman–Crippen MR) is 46.7 cm³/mol. The second kappa shape index (κ2) is 3.56. The van der Waals surface area contributed by atoms with Crippen LogP contribution < -0.4 is 0 Å². The maximum atomic E-state index is 11.4. The Labute approximate surface area is 73.1 Å². The summed E-state index contributed by atoms with van der Waals surface area (Å²) in [5.74, 6) is 0.0818. The van der Waals surface area contributed by atoms with Crippen molar-refractivity contribution in [3.05, 3.63) is 0 Å². The van der Waals surface area contributed by atoms with Crippen LogP contribution in [0.4, 0.5) is 0 Å². The molecule has 1 heterocycles. The Morgan fingerprint density at radius 1 is 1.42 bits per heavy atom. The normalized spacial score (nSPS) is 28.2. The molecule has 0 aromatic rings. The van der Waals surface area contributed by atoms with Gasteiger partial charge in [-0.25, -0.2) is 8.42 Å². The van der Waals surface area contributed by atoms with E-state index in [-0.39, 0.29) is 11.5 Å². The van der Waals surface area contributed by atoms with E-state index < -0.39 is 15.1 Å². The lowest BCUT2D eigenvalue weighted by molar-refractivity contribution is -0.118. The smallest absolute Gasteiger partial charge is 0.160 e. The minimum atomic E-state index is -3.08. The molecule has 1 rings (SSSR count). The molecule has 1 aliphatic heterocycles. The van der Waals surface area contributed by atoms with Crippen LogP contribution in [-0.2, 0) is 14.6 Å².